The van der Waals surface area contributed by atoms with Crippen LogP contribution in [-0.2, 0) is 41.3 Å². The Hall–Kier alpha value is -4.26. The predicted molar refractivity (Wildman–Crippen MR) is 176 cm³/mol. The number of aliphatic hydroxyl groups excluding tert-OH is 4. The molecule has 18 heteroatoms. The standard InChI is InChI=1S/C29H46N10O8/c1-16(40)12-36(13-17(2)41)26-30-22-20(24(44)34(7)28(46)32(22)5)38(26)10-9-11-39-21-23(33(6)29(47)35(8)25(21)45)31-27(39)37(14-18(3)42)15-19(4)43/h16-19,40-43H,9-15H2,1-8H3/t16-,17-,18-,19+/m0/s1. The maximum absolute atomic E-state index is 13.5. The molecule has 0 spiro atoms. The van der Waals surface area contributed by atoms with Gasteiger partial charge in [0.25, 0.3) is 11.1 Å². The van der Waals surface area contributed by atoms with Crippen molar-refractivity contribution < 1.29 is 20.4 Å². The highest BCUT2D eigenvalue weighted by Gasteiger charge is 2.27. The molecule has 18 nitrogen and oxygen atoms in total. The molecule has 4 N–H and O–H groups in total. The molecule has 0 aromatic carbocycles. The molecule has 4 atom stereocenters. The molecule has 4 heterocycles. The lowest BCUT2D eigenvalue weighted by molar-refractivity contribution is 0.176. The van der Waals surface area contributed by atoms with Gasteiger partial charge in [0, 0.05) is 67.5 Å². The van der Waals surface area contributed by atoms with Gasteiger partial charge in [0.1, 0.15) is 0 Å². The number of aryl methyl sites for hydroxylation is 4. The Morgan fingerprint density at radius 2 is 0.851 bits per heavy atom. The van der Waals surface area contributed by atoms with Crippen LogP contribution in [-0.4, -0.2) is 108 Å². The van der Waals surface area contributed by atoms with E-state index in [-0.39, 0.29) is 79.9 Å². The molecule has 0 saturated carbocycles. The van der Waals surface area contributed by atoms with Gasteiger partial charge in [-0.3, -0.25) is 27.9 Å². The van der Waals surface area contributed by atoms with E-state index in [0.29, 0.717) is 0 Å². The first-order valence-electron chi connectivity index (χ1n) is 15.5. The molecule has 0 fully saturated rings. The Morgan fingerprint density at radius 1 is 0.553 bits per heavy atom. The van der Waals surface area contributed by atoms with Gasteiger partial charge in [-0.05, 0) is 34.1 Å². The Bertz CT molecular complexity index is 1830. The zero-order valence-corrected chi connectivity index (χ0v) is 28.2. The SMILES string of the molecule is C[C@H](O)CN(C[C@H](C)O)c1nc2c(c(=O)n(C)c(=O)n2C)n1CCCn1c(N(C[C@H](C)O)C[C@@H](C)O)nc2c1c(=O)n(C)c(=O)n2C. The van der Waals surface area contributed by atoms with Crippen molar-refractivity contribution in [2.24, 2.45) is 28.2 Å². The third-order valence-electron chi connectivity index (χ3n) is 7.92. The number of nitrogens with zero attached hydrogens (tertiary/aromatic N) is 10. The van der Waals surface area contributed by atoms with Crippen molar-refractivity contribution in [3.8, 4) is 0 Å². The van der Waals surface area contributed by atoms with Crippen LogP contribution in [0.2, 0.25) is 0 Å². The van der Waals surface area contributed by atoms with Crippen LogP contribution in [0.15, 0.2) is 19.2 Å². The van der Waals surface area contributed by atoms with Crippen LogP contribution in [0, 0.1) is 0 Å². The van der Waals surface area contributed by atoms with Crippen molar-refractivity contribution in [2.75, 3.05) is 36.0 Å². The lowest BCUT2D eigenvalue weighted by atomic mass is 10.3. The maximum atomic E-state index is 13.5. The summed E-state index contributed by atoms with van der Waals surface area (Å²) < 4.78 is 7.75. The molecular weight excluding hydrogens is 616 g/mol. The van der Waals surface area contributed by atoms with Crippen LogP contribution in [0.3, 0.4) is 0 Å². The fraction of sp³-hybridized carbons (Fsp3) is 0.655. The summed E-state index contributed by atoms with van der Waals surface area (Å²) >= 11 is 0. The second-order valence-corrected chi connectivity index (χ2v) is 12.4. The molecule has 260 valence electrons. The first-order valence-corrected chi connectivity index (χ1v) is 15.5. The highest BCUT2D eigenvalue weighted by atomic mass is 16.3. The van der Waals surface area contributed by atoms with Crippen molar-refractivity contribution in [1.82, 2.24) is 37.4 Å². The summed E-state index contributed by atoms with van der Waals surface area (Å²) in [7, 11) is 5.74. The molecular formula is C29H46N10O8. The van der Waals surface area contributed by atoms with Gasteiger partial charge < -0.3 is 39.4 Å². The van der Waals surface area contributed by atoms with Crippen molar-refractivity contribution in [3.05, 3.63) is 41.7 Å². The van der Waals surface area contributed by atoms with E-state index in [4.69, 9.17) is 0 Å². The molecule has 47 heavy (non-hydrogen) atoms. The molecule has 4 aromatic heterocycles. The average molecular weight is 663 g/mol. The smallest absolute Gasteiger partial charge is 0.332 e. The second kappa shape index (κ2) is 13.8. The number of imidazole rings is 2. The van der Waals surface area contributed by atoms with E-state index in [9.17, 15) is 39.6 Å². The van der Waals surface area contributed by atoms with Crippen molar-refractivity contribution in [3.63, 3.8) is 0 Å². The van der Waals surface area contributed by atoms with Crippen LogP contribution in [0.5, 0.6) is 0 Å². The zero-order chi connectivity index (χ0) is 35.1. The molecule has 0 aliphatic rings. The summed E-state index contributed by atoms with van der Waals surface area (Å²) in [5.41, 5.74) is -1.73. The van der Waals surface area contributed by atoms with E-state index >= 15 is 0 Å². The normalized spacial score (nSPS) is 14.6. The third-order valence-corrected chi connectivity index (χ3v) is 7.92. The van der Waals surface area contributed by atoms with Gasteiger partial charge in [-0.2, -0.15) is 9.97 Å². The largest absolute Gasteiger partial charge is 0.392 e. The Balaban J connectivity index is 1.91. The fourth-order valence-corrected chi connectivity index (χ4v) is 5.91. The van der Waals surface area contributed by atoms with Gasteiger partial charge >= 0.3 is 11.4 Å². The minimum absolute atomic E-state index is 0.0799. The number of hydrogen-bond donors (Lipinski definition) is 4. The summed E-state index contributed by atoms with van der Waals surface area (Å²) in [6.07, 6.45) is -2.98. The van der Waals surface area contributed by atoms with Crippen LogP contribution in [0.25, 0.3) is 22.3 Å². The lowest BCUT2D eigenvalue weighted by Gasteiger charge is -2.28. The monoisotopic (exact) mass is 662 g/mol. The topological polar surface area (TPSA) is 211 Å². The molecule has 4 rings (SSSR count). The highest BCUT2D eigenvalue weighted by molar-refractivity contribution is 5.75. The quantitative estimate of drug-likeness (QED) is 0.110. The third kappa shape index (κ3) is 6.90. The van der Waals surface area contributed by atoms with Crippen molar-refractivity contribution in [2.45, 2.75) is 71.6 Å². The molecule has 4 aromatic rings. The van der Waals surface area contributed by atoms with Crippen LogP contribution < -0.4 is 32.3 Å². The molecule has 0 unspecified atom stereocenters. The summed E-state index contributed by atoms with van der Waals surface area (Å²) in [5.74, 6) is 0.526. The molecule has 0 bridgehead atoms. The molecule has 0 aliphatic heterocycles. The maximum Gasteiger partial charge on any atom is 0.332 e. The minimum atomic E-state index is -0.815. The number of rotatable bonds is 14. The summed E-state index contributed by atoms with van der Waals surface area (Å²) in [6, 6.07) is 0. The minimum Gasteiger partial charge on any atom is -0.392 e. The Labute approximate surface area is 269 Å². The lowest BCUT2D eigenvalue weighted by Crippen LogP contribution is -2.39. The van der Waals surface area contributed by atoms with Crippen LogP contribution >= 0.6 is 0 Å². The number of fused-ring (bicyclic) bond motifs is 2. The number of hydrogen-bond acceptors (Lipinski definition) is 12. The van der Waals surface area contributed by atoms with E-state index in [2.05, 4.69) is 9.97 Å². The van der Waals surface area contributed by atoms with E-state index < -0.39 is 46.9 Å². The number of aromatic nitrogens is 8. The van der Waals surface area contributed by atoms with Gasteiger partial charge in [0.05, 0.1) is 24.4 Å². The molecule has 0 aliphatic carbocycles. The number of aliphatic hydroxyl groups is 4. The van der Waals surface area contributed by atoms with E-state index in [0.717, 1.165) is 9.13 Å². The Morgan fingerprint density at radius 3 is 1.13 bits per heavy atom. The average Bonchev–Trinajstić information content (AvgIpc) is 3.55. The van der Waals surface area contributed by atoms with Gasteiger partial charge in [-0.15, -0.1) is 0 Å². The molecule has 0 radical (unpaired) electrons. The first-order chi connectivity index (χ1) is 22.0. The van der Waals surface area contributed by atoms with E-state index in [1.165, 1.54) is 37.3 Å². The molecule has 0 amide bonds. The van der Waals surface area contributed by atoms with Gasteiger partial charge in [-0.25, -0.2) is 9.59 Å². The summed E-state index contributed by atoms with van der Waals surface area (Å²) in [5, 5.41) is 41.1. The van der Waals surface area contributed by atoms with Gasteiger partial charge in [0.15, 0.2) is 22.3 Å². The van der Waals surface area contributed by atoms with E-state index in [1.54, 1.807) is 46.6 Å². The zero-order valence-electron chi connectivity index (χ0n) is 28.2. The predicted octanol–water partition coefficient (Wildman–Crippen LogP) is -2.59. The van der Waals surface area contributed by atoms with Gasteiger partial charge in [-0.1, -0.05) is 0 Å². The number of anilines is 2. The fourth-order valence-electron chi connectivity index (χ4n) is 5.91. The molecule has 0 saturated heterocycles. The van der Waals surface area contributed by atoms with Crippen molar-refractivity contribution in [1.29, 1.82) is 0 Å². The van der Waals surface area contributed by atoms with E-state index in [1.807, 2.05) is 0 Å². The highest BCUT2D eigenvalue weighted by Crippen LogP contribution is 2.24. The van der Waals surface area contributed by atoms with Crippen LogP contribution in [0.4, 0.5) is 11.9 Å². The Kier molecular flexibility index (Phi) is 10.5. The van der Waals surface area contributed by atoms with Crippen LogP contribution in [0.1, 0.15) is 34.1 Å². The first kappa shape index (κ1) is 35.6. The summed E-state index contributed by atoms with van der Waals surface area (Å²) in [4.78, 5) is 65.2. The summed E-state index contributed by atoms with van der Waals surface area (Å²) in [6.45, 7) is 6.96. The van der Waals surface area contributed by atoms with Crippen molar-refractivity contribution >= 4 is 34.2 Å². The second-order valence-electron chi connectivity index (χ2n) is 12.4. The van der Waals surface area contributed by atoms with Gasteiger partial charge in [0.2, 0.25) is 11.9 Å².